The third-order valence-electron chi connectivity index (χ3n) is 4.60. The number of oxazole rings is 1. The fourth-order valence-electron chi connectivity index (χ4n) is 3.04. The van der Waals surface area contributed by atoms with Crippen LogP contribution in [0.15, 0.2) is 71.4 Å². The molecule has 0 aliphatic heterocycles. The molecule has 0 aliphatic rings. The van der Waals surface area contributed by atoms with Gasteiger partial charge in [-0.2, -0.15) is 5.10 Å². The fraction of sp³-hybridized carbons (Fsp3) is 0.130. The van der Waals surface area contributed by atoms with Crippen molar-refractivity contribution < 1.29 is 18.7 Å². The molecule has 0 saturated carbocycles. The first-order valence-electron chi connectivity index (χ1n) is 9.82. The van der Waals surface area contributed by atoms with E-state index in [9.17, 15) is 9.59 Å². The number of benzene rings is 2. The van der Waals surface area contributed by atoms with Crippen molar-refractivity contribution in [1.29, 1.82) is 0 Å². The first-order valence-corrected chi connectivity index (χ1v) is 9.82. The summed E-state index contributed by atoms with van der Waals surface area (Å²) in [4.78, 5) is 29.2. The Bertz CT molecular complexity index is 1230. The molecule has 0 fully saturated rings. The molecule has 0 aliphatic carbocycles. The number of carbonyl (C=O) groups excluding carboxylic acids is 2. The molecule has 0 atom stereocenters. The van der Waals surface area contributed by atoms with Gasteiger partial charge in [0, 0.05) is 17.4 Å². The van der Waals surface area contributed by atoms with Gasteiger partial charge in [0.2, 0.25) is 11.8 Å². The van der Waals surface area contributed by atoms with Gasteiger partial charge in [0.05, 0.1) is 19.0 Å². The molecule has 2 aromatic heterocycles. The van der Waals surface area contributed by atoms with Crippen molar-refractivity contribution >= 4 is 23.2 Å². The zero-order valence-electron chi connectivity index (χ0n) is 17.5. The van der Waals surface area contributed by atoms with Crippen LogP contribution in [0.1, 0.15) is 16.2 Å². The van der Waals surface area contributed by atoms with E-state index in [0.717, 1.165) is 5.56 Å². The van der Waals surface area contributed by atoms with Gasteiger partial charge in [-0.15, -0.1) is 0 Å². The summed E-state index contributed by atoms with van der Waals surface area (Å²) in [5.41, 5.74) is 2.06. The second kappa shape index (κ2) is 9.17. The van der Waals surface area contributed by atoms with Crippen LogP contribution in [0.5, 0.6) is 5.75 Å². The minimum atomic E-state index is -0.421. The van der Waals surface area contributed by atoms with Crippen LogP contribution in [-0.4, -0.2) is 33.7 Å². The van der Waals surface area contributed by atoms with Crippen LogP contribution in [0.3, 0.4) is 0 Å². The summed E-state index contributed by atoms with van der Waals surface area (Å²) >= 11 is 0. The van der Waals surface area contributed by atoms with Crippen molar-refractivity contribution in [2.45, 2.75) is 13.5 Å². The van der Waals surface area contributed by atoms with Gasteiger partial charge in [-0.3, -0.25) is 14.3 Å². The Labute approximate surface area is 184 Å². The summed E-state index contributed by atoms with van der Waals surface area (Å²) in [6.45, 7) is 1.67. The Kier molecular flexibility index (Phi) is 5.98. The molecule has 0 saturated heterocycles. The summed E-state index contributed by atoms with van der Waals surface area (Å²) in [7, 11) is 1.58. The second-order valence-corrected chi connectivity index (χ2v) is 6.95. The number of methoxy groups -OCH3 is 1. The Hall–Kier alpha value is -4.40. The molecule has 0 unspecified atom stereocenters. The lowest BCUT2D eigenvalue weighted by molar-refractivity contribution is -0.116. The number of hydrogen-bond acceptors (Lipinski definition) is 6. The van der Waals surface area contributed by atoms with Crippen LogP contribution in [0.2, 0.25) is 0 Å². The van der Waals surface area contributed by atoms with Gasteiger partial charge < -0.3 is 19.8 Å². The third-order valence-corrected chi connectivity index (χ3v) is 4.60. The van der Waals surface area contributed by atoms with Crippen molar-refractivity contribution in [1.82, 2.24) is 14.8 Å². The van der Waals surface area contributed by atoms with Crippen LogP contribution in [0.4, 0.5) is 11.4 Å². The van der Waals surface area contributed by atoms with Crippen molar-refractivity contribution in [3.63, 3.8) is 0 Å². The molecule has 2 N–H and O–H groups in total. The molecule has 9 heteroatoms. The van der Waals surface area contributed by atoms with Gasteiger partial charge in [0.1, 0.15) is 18.1 Å². The van der Waals surface area contributed by atoms with Crippen LogP contribution in [0, 0.1) is 6.92 Å². The summed E-state index contributed by atoms with van der Waals surface area (Å²) < 4.78 is 12.2. The largest absolute Gasteiger partial charge is 0.497 e. The summed E-state index contributed by atoms with van der Waals surface area (Å²) in [6.07, 6.45) is 3.03. The van der Waals surface area contributed by atoms with Gasteiger partial charge in [-0.1, -0.05) is 18.2 Å². The number of aryl methyl sites for hydroxylation is 1. The first kappa shape index (κ1) is 20.9. The van der Waals surface area contributed by atoms with Crippen molar-refractivity contribution in [2.24, 2.45) is 0 Å². The molecule has 2 heterocycles. The molecule has 2 aromatic carbocycles. The van der Waals surface area contributed by atoms with Crippen molar-refractivity contribution in [3.05, 3.63) is 78.4 Å². The van der Waals surface area contributed by atoms with Gasteiger partial charge >= 0.3 is 0 Å². The lowest BCUT2D eigenvalue weighted by Crippen LogP contribution is -2.19. The highest BCUT2D eigenvalue weighted by Crippen LogP contribution is 2.22. The number of rotatable bonds is 7. The molecule has 162 valence electrons. The third kappa shape index (κ3) is 4.84. The molecular formula is C23H21N5O4. The van der Waals surface area contributed by atoms with E-state index in [1.54, 1.807) is 44.5 Å². The molecule has 4 aromatic rings. The van der Waals surface area contributed by atoms with Crippen molar-refractivity contribution in [2.75, 3.05) is 17.7 Å². The second-order valence-electron chi connectivity index (χ2n) is 6.95. The molecule has 32 heavy (non-hydrogen) atoms. The van der Waals surface area contributed by atoms with E-state index in [2.05, 4.69) is 20.7 Å². The number of nitrogens with one attached hydrogen (secondary N) is 2. The normalized spacial score (nSPS) is 10.6. The molecule has 2 amide bonds. The van der Waals surface area contributed by atoms with Gasteiger partial charge in [-0.25, -0.2) is 4.98 Å². The molecule has 0 spiro atoms. The van der Waals surface area contributed by atoms with Crippen LogP contribution >= 0.6 is 0 Å². The average Bonchev–Trinajstić information content (AvgIpc) is 3.41. The van der Waals surface area contributed by atoms with Gasteiger partial charge in [0.15, 0.2) is 5.69 Å². The number of nitrogens with zero attached hydrogens (tertiary/aromatic N) is 3. The van der Waals surface area contributed by atoms with Gasteiger partial charge in [-0.05, 0) is 43.3 Å². The number of ether oxygens (including phenoxy) is 1. The minimum absolute atomic E-state index is 0.0109. The highest BCUT2D eigenvalue weighted by molar-refractivity contribution is 6.03. The van der Waals surface area contributed by atoms with E-state index in [1.807, 2.05) is 30.3 Å². The van der Waals surface area contributed by atoms with E-state index in [1.165, 1.54) is 10.9 Å². The Balaban J connectivity index is 1.37. The highest BCUT2D eigenvalue weighted by Gasteiger charge is 2.19. The summed E-state index contributed by atoms with van der Waals surface area (Å²) in [5.74, 6) is 0.812. The topological polar surface area (TPSA) is 111 Å². The lowest BCUT2D eigenvalue weighted by Gasteiger charge is -2.06. The maximum absolute atomic E-state index is 12.6. The number of anilines is 2. The zero-order chi connectivity index (χ0) is 22.5. The average molecular weight is 431 g/mol. The number of amides is 2. The maximum Gasteiger partial charge on any atom is 0.278 e. The standard InChI is InChI=1S/C23H21N5O4/c1-15-21(27-23(32-15)16-6-4-3-5-7-16)22(30)26-18-12-24-28(13-18)14-20(29)25-17-8-10-19(31-2)11-9-17/h3-13H,14H2,1-2H3,(H,25,29)(H,26,30). The predicted octanol–water partition coefficient (Wildman–Crippen LogP) is 3.75. The lowest BCUT2D eigenvalue weighted by atomic mass is 10.2. The zero-order valence-corrected chi connectivity index (χ0v) is 17.5. The predicted molar refractivity (Wildman–Crippen MR) is 118 cm³/mol. The molecule has 9 nitrogen and oxygen atoms in total. The quantitative estimate of drug-likeness (QED) is 0.461. The molecular weight excluding hydrogens is 410 g/mol. The number of aromatic nitrogens is 3. The Morgan fingerprint density at radius 1 is 1.03 bits per heavy atom. The fourth-order valence-corrected chi connectivity index (χ4v) is 3.04. The summed E-state index contributed by atoms with van der Waals surface area (Å²) in [6, 6.07) is 16.3. The molecule has 0 bridgehead atoms. The van der Waals surface area contributed by atoms with Crippen LogP contribution < -0.4 is 15.4 Å². The summed E-state index contributed by atoms with van der Waals surface area (Å²) in [5, 5.41) is 9.63. The monoisotopic (exact) mass is 431 g/mol. The van der Waals surface area contributed by atoms with Crippen LogP contribution in [0.25, 0.3) is 11.5 Å². The number of hydrogen-bond donors (Lipinski definition) is 2. The minimum Gasteiger partial charge on any atom is -0.497 e. The SMILES string of the molecule is COc1ccc(NC(=O)Cn2cc(NC(=O)c3nc(-c4ccccc4)oc3C)cn2)cc1. The van der Waals surface area contributed by atoms with E-state index in [4.69, 9.17) is 9.15 Å². The van der Waals surface area contributed by atoms with Crippen LogP contribution in [-0.2, 0) is 11.3 Å². The maximum atomic E-state index is 12.6. The van der Waals surface area contributed by atoms with E-state index in [0.29, 0.717) is 28.8 Å². The van der Waals surface area contributed by atoms with E-state index < -0.39 is 5.91 Å². The van der Waals surface area contributed by atoms with Crippen molar-refractivity contribution in [3.8, 4) is 17.2 Å². The van der Waals surface area contributed by atoms with E-state index >= 15 is 0 Å². The smallest absolute Gasteiger partial charge is 0.278 e. The highest BCUT2D eigenvalue weighted by atomic mass is 16.5. The molecule has 0 radical (unpaired) electrons. The van der Waals surface area contributed by atoms with Gasteiger partial charge in [0.25, 0.3) is 5.91 Å². The van der Waals surface area contributed by atoms with E-state index in [-0.39, 0.29) is 18.1 Å². The first-order chi connectivity index (χ1) is 15.5. The number of carbonyl (C=O) groups is 2. The Morgan fingerprint density at radius 2 is 1.78 bits per heavy atom. The molecule has 4 rings (SSSR count). The Morgan fingerprint density at radius 3 is 2.50 bits per heavy atom.